The van der Waals surface area contributed by atoms with Crippen LogP contribution in [0, 0.1) is 13.8 Å². The highest BCUT2D eigenvalue weighted by atomic mass is 16.5. The molecule has 0 aromatic heterocycles. The second kappa shape index (κ2) is 10.4. The van der Waals surface area contributed by atoms with E-state index < -0.39 is 0 Å². The molecule has 0 fully saturated rings. The standard InChI is InChI=1S/C31H30O3/c1-5-34-31(32)28-19-27(26(20-29(28)33-4)23-9-7-6-8-10-23)30(24-15-11-21(2)12-16-24)25-17-13-22(3)14-18-25/h6-20,30H,5H2,1-4H3. The molecule has 3 heteroatoms. The fraction of sp³-hybridized carbons (Fsp3) is 0.194. The fourth-order valence-corrected chi connectivity index (χ4v) is 4.31. The van der Waals surface area contributed by atoms with Crippen LogP contribution in [0.5, 0.6) is 5.75 Å². The quantitative estimate of drug-likeness (QED) is 0.218. The Hall–Kier alpha value is -3.85. The van der Waals surface area contributed by atoms with Crippen LogP contribution < -0.4 is 4.74 Å². The zero-order chi connectivity index (χ0) is 24.1. The number of esters is 1. The molecule has 0 N–H and O–H groups in total. The second-order valence-electron chi connectivity index (χ2n) is 8.48. The highest BCUT2D eigenvalue weighted by Gasteiger charge is 2.25. The summed E-state index contributed by atoms with van der Waals surface area (Å²) < 4.78 is 11.0. The van der Waals surface area contributed by atoms with E-state index in [2.05, 4.69) is 74.5 Å². The highest BCUT2D eigenvalue weighted by molar-refractivity contribution is 5.94. The van der Waals surface area contributed by atoms with Gasteiger partial charge in [0.05, 0.1) is 13.7 Å². The van der Waals surface area contributed by atoms with Crippen molar-refractivity contribution in [1.29, 1.82) is 0 Å². The second-order valence-corrected chi connectivity index (χ2v) is 8.48. The Morgan fingerprint density at radius 2 is 1.35 bits per heavy atom. The molecule has 0 saturated carbocycles. The molecule has 0 heterocycles. The van der Waals surface area contributed by atoms with Crippen molar-refractivity contribution in [2.24, 2.45) is 0 Å². The molecular weight excluding hydrogens is 420 g/mol. The minimum Gasteiger partial charge on any atom is -0.496 e. The first kappa shape index (κ1) is 23.3. The van der Waals surface area contributed by atoms with Crippen molar-refractivity contribution < 1.29 is 14.3 Å². The lowest BCUT2D eigenvalue weighted by atomic mass is 9.80. The van der Waals surface area contributed by atoms with E-state index in [0.29, 0.717) is 17.9 Å². The number of hydrogen-bond donors (Lipinski definition) is 0. The number of carbonyl (C=O) groups excluding carboxylic acids is 1. The third kappa shape index (κ3) is 4.89. The maximum Gasteiger partial charge on any atom is 0.341 e. The first-order chi connectivity index (χ1) is 16.5. The average molecular weight is 451 g/mol. The van der Waals surface area contributed by atoms with E-state index in [1.165, 1.54) is 11.1 Å². The molecule has 0 bridgehead atoms. The molecule has 0 saturated heterocycles. The third-order valence-corrected chi connectivity index (χ3v) is 6.08. The number of rotatable bonds is 7. The molecule has 0 radical (unpaired) electrons. The van der Waals surface area contributed by atoms with Crippen LogP contribution in [0.25, 0.3) is 11.1 Å². The summed E-state index contributed by atoms with van der Waals surface area (Å²) in [6.07, 6.45) is 0. The largest absolute Gasteiger partial charge is 0.496 e. The van der Waals surface area contributed by atoms with Gasteiger partial charge in [-0.2, -0.15) is 0 Å². The predicted molar refractivity (Wildman–Crippen MR) is 138 cm³/mol. The summed E-state index contributed by atoms with van der Waals surface area (Å²) in [6, 6.07) is 31.4. The molecule has 0 aliphatic heterocycles. The number of aryl methyl sites for hydroxylation is 2. The Morgan fingerprint density at radius 3 is 1.85 bits per heavy atom. The van der Waals surface area contributed by atoms with E-state index in [1.807, 2.05) is 37.3 Å². The number of hydrogen-bond acceptors (Lipinski definition) is 3. The summed E-state index contributed by atoms with van der Waals surface area (Å²) in [5.41, 5.74) is 8.28. The Balaban J connectivity index is 2.03. The summed E-state index contributed by atoms with van der Waals surface area (Å²) >= 11 is 0. The van der Waals surface area contributed by atoms with E-state index in [0.717, 1.165) is 27.8 Å². The first-order valence-corrected chi connectivity index (χ1v) is 11.6. The molecule has 34 heavy (non-hydrogen) atoms. The SMILES string of the molecule is CCOC(=O)c1cc(C(c2ccc(C)cc2)c2ccc(C)cc2)c(-c2ccccc2)cc1OC. The van der Waals surface area contributed by atoms with Crippen molar-refractivity contribution in [2.75, 3.05) is 13.7 Å². The van der Waals surface area contributed by atoms with E-state index in [-0.39, 0.29) is 11.9 Å². The van der Waals surface area contributed by atoms with Gasteiger partial charge in [0.25, 0.3) is 0 Å². The molecule has 0 amide bonds. The van der Waals surface area contributed by atoms with Crippen LogP contribution >= 0.6 is 0 Å². The van der Waals surface area contributed by atoms with Crippen LogP contribution in [0.2, 0.25) is 0 Å². The Kier molecular flexibility index (Phi) is 7.12. The molecule has 0 aliphatic rings. The van der Waals surface area contributed by atoms with Gasteiger partial charge >= 0.3 is 5.97 Å². The van der Waals surface area contributed by atoms with E-state index in [1.54, 1.807) is 7.11 Å². The molecule has 172 valence electrons. The van der Waals surface area contributed by atoms with Crippen molar-refractivity contribution >= 4 is 5.97 Å². The van der Waals surface area contributed by atoms with Gasteiger partial charge in [0.1, 0.15) is 11.3 Å². The van der Waals surface area contributed by atoms with Crippen LogP contribution in [0.3, 0.4) is 0 Å². The topological polar surface area (TPSA) is 35.5 Å². The van der Waals surface area contributed by atoms with E-state index in [4.69, 9.17) is 9.47 Å². The van der Waals surface area contributed by atoms with E-state index >= 15 is 0 Å². The Bertz CT molecular complexity index is 1210. The highest BCUT2D eigenvalue weighted by Crippen LogP contribution is 2.41. The lowest BCUT2D eigenvalue weighted by Crippen LogP contribution is -2.11. The normalized spacial score (nSPS) is 10.9. The van der Waals surface area contributed by atoms with Gasteiger partial charge in [-0.3, -0.25) is 0 Å². The summed E-state index contributed by atoms with van der Waals surface area (Å²) in [6.45, 7) is 6.29. The molecule has 3 nitrogen and oxygen atoms in total. The number of ether oxygens (including phenoxy) is 2. The van der Waals surface area contributed by atoms with Crippen molar-refractivity contribution in [3.05, 3.63) is 124 Å². The minimum absolute atomic E-state index is 0.0736. The Morgan fingerprint density at radius 1 is 0.794 bits per heavy atom. The van der Waals surface area contributed by atoms with Crippen LogP contribution in [-0.4, -0.2) is 19.7 Å². The zero-order valence-corrected chi connectivity index (χ0v) is 20.2. The molecule has 0 atom stereocenters. The number of methoxy groups -OCH3 is 1. The van der Waals surface area contributed by atoms with E-state index in [9.17, 15) is 4.79 Å². The summed E-state index contributed by atoms with van der Waals surface area (Å²) in [5.74, 6) is 0.0508. The van der Waals surface area contributed by atoms with Crippen molar-refractivity contribution in [1.82, 2.24) is 0 Å². The van der Waals surface area contributed by atoms with Crippen LogP contribution in [-0.2, 0) is 4.74 Å². The van der Waals surface area contributed by atoms with Gasteiger partial charge in [0.2, 0.25) is 0 Å². The summed E-state index contributed by atoms with van der Waals surface area (Å²) in [7, 11) is 1.59. The lowest BCUT2D eigenvalue weighted by Gasteiger charge is -2.24. The van der Waals surface area contributed by atoms with Gasteiger partial charge in [-0.1, -0.05) is 90.0 Å². The third-order valence-electron chi connectivity index (χ3n) is 6.08. The summed E-state index contributed by atoms with van der Waals surface area (Å²) in [4.78, 5) is 12.9. The monoisotopic (exact) mass is 450 g/mol. The molecule has 4 aromatic carbocycles. The van der Waals surface area contributed by atoms with Gasteiger partial charge < -0.3 is 9.47 Å². The van der Waals surface area contributed by atoms with Gasteiger partial charge in [-0.05, 0) is 60.7 Å². The maximum atomic E-state index is 12.9. The Labute approximate surface area is 202 Å². The fourth-order valence-electron chi connectivity index (χ4n) is 4.31. The number of benzene rings is 4. The van der Waals surface area contributed by atoms with Crippen molar-refractivity contribution in [3.8, 4) is 16.9 Å². The lowest BCUT2D eigenvalue weighted by molar-refractivity contribution is 0.0522. The van der Waals surface area contributed by atoms with Gasteiger partial charge in [0, 0.05) is 5.92 Å². The molecule has 4 rings (SSSR count). The van der Waals surface area contributed by atoms with Gasteiger partial charge in [-0.25, -0.2) is 4.79 Å². The van der Waals surface area contributed by atoms with Crippen LogP contribution in [0.15, 0.2) is 91.0 Å². The number of carbonyl (C=O) groups is 1. The van der Waals surface area contributed by atoms with Crippen LogP contribution in [0.4, 0.5) is 0 Å². The minimum atomic E-state index is -0.383. The molecule has 0 spiro atoms. The maximum absolute atomic E-state index is 12.9. The van der Waals surface area contributed by atoms with Gasteiger partial charge in [-0.15, -0.1) is 0 Å². The average Bonchev–Trinajstić information content (AvgIpc) is 2.87. The smallest absolute Gasteiger partial charge is 0.341 e. The van der Waals surface area contributed by atoms with Crippen LogP contribution in [0.1, 0.15) is 51.0 Å². The zero-order valence-electron chi connectivity index (χ0n) is 20.2. The summed E-state index contributed by atoms with van der Waals surface area (Å²) in [5, 5.41) is 0. The predicted octanol–water partition coefficient (Wildman–Crippen LogP) is 7.34. The van der Waals surface area contributed by atoms with Crippen molar-refractivity contribution in [2.45, 2.75) is 26.7 Å². The van der Waals surface area contributed by atoms with Gasteiger partial charge in [0.15, 0.2) is 0 Å². The molecule has 0 unspecified atom stereocenters. The molecule has 4 aromatic rings. The molecular formula is C31H30O3. The first-order valence-electron chi connectivity index (χ1n) is 11.6. The van der Waals surface area contributed by atoms with Crippen molar-refractivity contribution in [3.63, 3.8) is 0 Å². The molecule has 0 aliphatic carbocycles.